The topological polar surface area (TPSA) is 81.4 Å². The van der Waals surface area contributed by atoms with Crippen LogP contribution in [0.3, 0.4) is 0 Å². The summed E-state index contributed by atoms with van der Waals surface area (Å²) in [6, 6.07) is 11.9. The molecule has 0 amide bonds. The van der Waals surface area contributed by atoms with Crippen LogP contribution in [0.5, 0.6) is 0 Å². The van der Waals surface area contributed by atoms with E-state index in [0.717, 1.165) is 28.7 Å². The molecular weight excluding hydrogens is 464 g/mol. The molecule has 1 aliphatic rings. The largest absolute Gasteiger partial charge is 0.478 e. The van der Waals surface area contributed by atoms with Gasteiger partial charge in [-0.15, -0.1) is 0 Å². The summed E-state index contributed by atoms with van der Waals surface area (Å²) in [5.74, 6) is -1.16. The number of aromatic carboxylic acids is 1. The first-order chi connectivity index (χ1) is 17.4. The van der Waals surface area contributed by atoms with E-state index in [9.17, 15) is 14.7 Å². The highest BCUT2D eigenvalue weighted by molar-refractivity contribution is 5.90. The van der Waals surface area contributed by atoms with Crippen molar-refractivity contribution in [3.05, 3.63) is 87.7 Å². The number of aryl methyl sites for hydroxylation is 1. The summed E-state index contributed by atoms with van der Waals surface area (Å²) in [4.78, 5) is 23.4. The van der Waals surface area contributed by atoms with Crippen LogP contribution in [0.25, 0.3) is 12.2 Å². The number of carbonyl (C=O) groups excluding carboxylic acids is 1. The molecule has 0 aliphatic heterocycles. The number of hydrogen-bond donors (Lipinski definition) is 1. The second-order valence-electron chi connectivity index (χ2n) is 11.1. The highest BCUT2D eigenvalue weighted by Gasteiger charge is 2.46. The van der Waals surface area contributed by atoms with Crippen molar-refractivity contribution < 1.29 is 19.4 Å². The highest BCUT2D eigenvalue weighted by Crippen LogP contribution is 2.48. The van der Waals surface area contributed by atoms with E-state index in [1.54, 1.807) is 12.3 Å². The maximum atomic E-state index is 11.9. The Morgan fingerprint density at radius 3 is 2.49 bits per heavy atom. The Morgan fingerprint density at radius 2 is 1.86 bits per heavy atom. The number of aromatic nitrogens is 2. The number of carboxylic acids is 1. The van der Waals surface area contributed by atoms with Gasteiger partial charge in [0.1, 0.15) is 6.10 Å². The van der Waals surface area contributed by atoms with Gasteiger partial charge in [-0.05, 0) is 63.8 Å². The molecule has 3 aromatic rings. The first-order valence-corrected chi connectivity index (χ1v) is 12.8. The van der Waals surface area contributed by atoms with Gasteiger partial charge < -0.3 is 9.84 Å². The first kappa shape index (κ1) is 26.4. The fourth-order valence-electron chi connectivity index (χ4n) is 5.41. The number of rotatable bonds is 7. The average Bonchev–Trinajstić information content (AvgIpc) is 3.34. The van der Waals surface area contributed by atoms with Crippen LogP contribution in [-0.2, 0) is 33.3 Å². The fourth-order valence-corrected chi connectivity index (χ4v) is 5.41. The lowest BCUT2D eigenvalue weighted by Gasteiger charge is -2.47. The van der Waals surface area contributed by atoms with E-state index in [4.69, 9.17) is 4.74 Å². The summed E-state index contributed by atoms with van der Waals surface area (Å²) < 4.78 is 7.72. The van der Waals surface area contributed by atoms with Gasteiger partial charge in [0.25, 0.3) is 0 Å². The third-order valence-corrected chi connectivity index (χ3v) is 7.60. The van der Waals surface area contributed by atoms with Crippen molar-refractivity contribution in [3.8, 4) is 0 Å². The van der Waals surface area contributed by atoms with Crippen molar-refractivity contribution in [2.45, 2.75) is 77.9 Å². The molecule has 0 fully saturated rings. The van der Waals surface area contributed by atoms with Crippen molar-refractivity contribution in [1.29, 1.82) is 0 Å². The smallest absolute Gasteiger partial charge is 0.335 e. The Kier molecular flexibility index (Phi) is 7.13. The Hall–Kier alpha value is -3.67. The zero-order valence-electron chi connectivity index (χ0n) is 22.5. The van der Waals surface area contributed by atoms with Crippen LogP contribution >= 0.6 is 0 Å². The third kappa shape index (κ3) is 5.38. The van der Waals surface area contributed by atoms with Gasteiger partial charge in [-0.3, -0.25) is 9.48 Å². The van der Waals surface area contributed by atoms with E-state index in [2.05, 4.69) is 51.0 Å². The summed E-state index contributed by atoms with van der Waals surface area (Å²) in [5.41, 5.74) is 6.23. The molecule has 0 radical (unpaired) electrons. The summed E-state index contributed by atoms with van der Waals surface area (Å²) in [5, 5.41) is 13.9. The lowest BCUT2D eigenvalue weighted by Crippen LogP contribution is -2.47. The molecule has 1 atom stereocenters. The van der Waals surface area contributed by atoms with Gasteiger partial charge in [0.05, 0.1) is 12.1 Å². The van der Waals surface area contributed by atoms with Gasteiger partial charge in [-0.25, -0.2) is 4.79 Å². The van der Waals surface area contributed by atoms with Crippen LogP contribution in [0.4, 0.5) is 0 Å². The normalized spacial score (nSPS) is 17.9. The van der Waals surface area contributed by atoms with E-state index in [-0.39, 0.29) is 22.9 Å². The monoisotopic (exact) mass is 500 g/mol. The molecule has 1 aromatic heterocycles. The standard InChI is InChI=1S/C31H36N2O4/c1-7-22-15-21(10-12-25(22)29(35)36)9-11-23-16-26-27(17-24(23)19-33-14-8-13-32-33)31(5,6)28(37-20(2)34)18-30(26,3)4/h8-17,28H,7,18-19H2,1-6H3,(H,35,36). The number of carbonyl (C=O) groups is 2. The number of nitrogens with zero attached hydrogens (tertiary/aromatic N) is 2. The van der Waals surface area contributed by atoms with E-state index < -0.39 is 5.97 Å². The molecular formula is C31H36N2O4. The number of esters is 1. The molecule has 6 heteroatoms. The van der Waals surface area contributed by atoms with E-state index in [0.29, 0.717) is 18.5 Å². The number of ether oxygens (including phenoxy) is 1. The lowest BCUT2D eigenvalue weighted by atomic mass is 9.61. The Labute approximate surface area is 219 Å². The SMILES string of the molecule is CCc1cc(C=Cc2cc3c(cc2Cn2cccn2)C(C)(C)C(OC(C)=O)CC3(C)C)ccc1C(=O)O. The van der Waals surface area contributed by atoms with Crippen molar-refractivity contribution in [2.24, 2.45) is 0 Å². The zero-order valence-corrected chi connectivity index (χ0v) is 22.5. The van der Waals surface area contributed by atoms with Crippen molar-refractivity contribution in [1.82, 2.24) is 9.78 Å². The third-order valence-electron chi connectivity index (χ3n) is 7.60. The summed E-state index contributed by atoms with van der Waals surface area (Å²) in [6.45, 7) is 12.8. The molecule has 4 rings (SSSR count). The van der Waals surface area contributed by atoms with Crippen molar-refractivity contribution in [3.63, 3.8) is 0 Å². The minimum atomic E-state index is -0.902. The number of fused-ring (bicyclic) bond motifs is 1. The van der Waals surface area contributed by atoms with Gasteiger partial charge in [-0.1, -0.05) is 71.0 Å². The maximum Gasteiger partial charge on any atom is 0.335 e. The summed E-state index contributed by atoms with van der Waals surface area (Å²) in [6.07, 6.45) is 9.05. The lowest BCUT2D eigenvalue weighted by molar-refractivity contribution is -0.151. The molecule has 1 aliphatic carbocycles. The van der Waals surface area contributed by atoms with Gasteiger partial charge in [-0.2, -0.15) is 5.10 Å². The summed E-state index contributed by atoms with van der Waals surface area (Å²) in [7, 11) is 0. The first-order valence-electron chi connectivity index (χ1n) is 12.8. The maximum absolute atomic E-state index is 11.9. The quantitative estimate of drug-likeness (QED) is 0.306. The molecule has 2 aromatic carbocycles. The van der Waals surface area contributed by atoms with Gasteiger partial charge in [0.15, 0.2) is 0 Å². The molecule has 6 nitrogen and oxygen atoms in total. The van der Waals surface area contributed by atoms with Crippen molar-refractivity contribution >= 4 is 24.1 Å². The number of benzene rings is 2. The van der Waals surface area contributed by atoms with E-state index >= 15 is 0 Å². The van der Waals surface area contributed by atoms with Crippen LogP contribution < -0.4 is 0 Å². The minimum Gasteiger partial charge on any atom is -0.478 e. The second-order valence-corrected chi connectivity index (χ2v) is 11.1. The van der Waals surface area contributed by atoms with Crippen LogP contribution in [0, 0.1) is 0 Å². The summed E-state index contributed by atoms with van der Waals surface area (Å²) >= 11 is 0. The van der Waals surface area contributed by atoms with E-state index in [1.807, 2.05) is 42.1 Å². The molecule has 194 valence electrons. The van der Waals surface area contributed by atoms with Gasteiger partial charge in [0, 0.05) is 24.7 Å². The van der Waals surface area contributed by atoms with Gasteiger partial charge >= 0.3 is 11.9 Å². The van der Waals surface area contributed by atoms with Crippen LogP contribution in [-0.4, -0.2) is 32.9 Å². The van der Waals surface area contributed by atoms with Crippen LogP contribution in [0.2, 0.25) is 0 Å². The van der Waals surface area contributed by atoms with Crippen molar-refractivity contribution in [2.75, 3.05) is 0 Å². The zero-order chi connectivity index (χ0) is 27.0. The molecule has 1 heterocycles. The molecule has 37 heavy (non-hydrogen) atoms. The Morgan fingerprint density at radius 1 is 1.11 bits per heavy atom. The van der Waals surface area contributed by atoms with Crippen LogP contribution in [0.15, 0.2) is 48.8 Å². The van der Waals surface area contributed by atoms with Gasteiger partial charge in [0.2, 0.25) is 0 Å². The molecule has 0 saturated heterocycles. The molecule has 1 unspecified atom stereocenters. The predicted octanol–water partition coefficient (Wildman–Crippen LogP) is 6.25. The fraction of sp³-hybridized carbons (Fsp3) is 0.387. The minimum absolute atomic E-state index is 0.184. The predicted molar refractivity (Wildman–Crippen MR) is 146 cm³/mol. The molecule has 0 bridgehead atoms. The number of carboxylic acid groups (broad SMARTS) is 1. The molecule has 0 saturated carbocycles. The second kappa shape index (κ2) is 10.0. The Balaban J connectivity index is 1.82. The molecule has 1 N–H and O–H groups in total. The average molecular weight is 501 g/mol. The number of hydrogen-bond acceptors (Lipinski definition) is 4. The highest BCUT2D eigenvalue weighted by atomic mass is 16.5. The van der Waals surface area contributed by atoms with Crippen LogP contribution in [0.1, 0.15) is 91.7 Å². The Bertz CT molecular complexity index is 1350. The molecule has 0 spiro atoms. The van der Waals surface area contributed by atoms with E-state index in [1.165, 1.54) is 18.1 Å².